The number of halogens is 1. The SMILES string of the molecule is CC.NC(=NO)c1ccc(Br)cc1. The largest absolute Gasteiger partial charge is 0.409 e. The van der Waals surface area contributed by atoms with Gasteiger partial charge in [-0.15, -0.1) is 0 Å². The summed E-state index contributed by atoms with van der Waals surface area (Å²) in [7, 11) is 0. The maximum absolute atomic E-state index is 8.31. The molecule has 0 aliphatic heterocycles. The van der Waals surface area contributed by atoms with E-state index in [-0.39, 0.29) is 5.84 Å². The Hall–Kier alpha value is -1.03. The zero-order valence-electron chi connectivity index (χ0n) is 7.66. The molecular weight excluding hydrogens is 232 g/mol. The molecule has 3 nitrogen and oxygen atoms in total. The third-order valence-electron chi connectivity index (χ3n) is 1.25. The molecule has 0 amide bonds. The van der Waals surface area contributed by atoms with Gasteiger partial charge >= 0.3 is 0 Å². The van der Waals surface area contributed by atoms with Crippen molar-refractivity contribution in [3.63, 3.8) is 0 Å². The highest BCUT2D eigenvalue weighted by atomic mass is 79.9. The van der Waals surface area contributed by atoms with Crippen LogP contribution >= 0.6 is 15.9 Å². The lowest BCUT2D eigenvalue weighted by atomic mass is 10.2. The molecule has 4 heteroatoms. The molecule has 0 aliphatic rings. The summed E-state index contributed by atoms with van der Waals surface area (Å²) < 4.78 is 0.965. The molecule has 13 heavy (non-hydrogen) atoms. The molecule has 3 N–H and O–H groups in total. The summed E-state index contributed by atoms with van der Waals surface area (Å²) in [4.78, 5) is 0. The number of nitrogens with two attached hydrogens (primary N) is 1. The Kier molecular flexibility index (Phi) is 5.97. The minimum Gasteiger partial charge on any atom is -0.409 e. The zero-order valence-corrected chi connectivity index (χ0v) is 9.25. The normalized spacial score (nSPS) is 10.2. The van der Waals surface area contributed by atoms with Gasteiger partial charge in [0.15, 0.2) is 5.84 Å². The van der Waals surface area contributed by atoms with E-state index in [4.69, 9.17) is 10.9 Å². The van der Waals surface area contributed by atoms with Gasteiger partial charge in [-0.2, -0.15) is 0 Å². The Morgan fingerprint density at radius 1 is 1.31 bits per heavy atom. The molecular formula is C9H13BrN2O. The molecule has 1 rings (SSSR count). The number of nitrogens with zero attached hydrogens (tertiary/aromatic N) is 1. The molecule has 0 fully saturated rings. The van der Waals surface area contributed by atoms with Crippen molar-refractivity contribution >= 4 is 21.8 Å². The molecule has 0 saturated heterocycles. The van der Waals surface area contributed by atoms with Gasteiger partial charge < -0.3 is 10.9 Å². The van der Waals surface area contributed by atoms with Crippen molar-refractivity contribution in [1.82, 2.24) is 0 Å². The number of hydrogen-bond acceptors (Lipinski definition) is 2. The molecule has 72 valence electrons. The second-order valence-corrected chi connectivity index (χ2v) is 2.91. The van der Waals surface area contributed by atoms with Crippen molar-refractivity contribution in [2.45, 2.75) is 13.8 Å². The van der Waals surface area contributed by atoms with E-state index in [1.54, 1.807) is 12.1 Å². The summed E-state index contributed by atoms with van der Waals surface area (Å²) in [6.45, 7) is 4.00. The minimum absolute atomic E-state index is 0.123. The standard InChI is InChI=1S/C7H7BrN2O.C2H6/c8-6-3-1-5(2-4-6)7(9)10-11;1-2/h1-4,11H,(H2,9,10);1-2H3. The number of rotatable bonds is 1. The third-order valence-corrected chi connectivity index (χ3v) is 1.78. The van der Waals surface area contributed by atoms with E-state index in [1.165, 1.54) is 0 Å². The second-order valence-electron chi connectivity index (χ2n) is 1.99. The summed E-state index contributed by atoms with van der Waals surface area (Å²) in [6, 6.07) is 7.18. The Bertz CT molecular complexity index is 269. The Morgan fingerprint density at radius 2 is 1.77 bits per heavy atom. The fraction of sp³-hybridized carbons (Fsp3) is 0.222. The highest BCUT2D eigenvalue weighted by Gasteiger charge is 1.96. The molecule has 0 atom stereocenters. The monoisotopic (exact) mass is 244 g/mol. The first-order valence-electron chi connectivity index (χ1n) is 3.97. The van der Waals surface area contributed by atoms with Crippen molar-refractivity contribution in [1.29, 1.82) is 0 Å². The van der Waals surface area contributed by atoms with Gasteiger partial charge in [0.25, 0.3) is 0 Å². The van der Waals surface area contributed by atoms with Crippen LogP contribution in [0.15, 0.2) is 33.9 Å². The van der Waals surface area contributed by atoms with Crippen LogP contribution in [-0.4, -0.2) is 11.0 Å². The van der Waals surface area contributed by atoms with E-state index in [0.29, 0.717) is 5.56 Å². The van der Waals surface area contributed by atoms with Crippen molar-refractivity contribution in [2.24, 2.45) is 10.9 Å². The van der Waals surface area contributed by atoms with Gasteiger partial charge in [0.1, 0.15) is 0 Å². The molecule has 0 heterocycles. The fourth-order valence-electron chi connectivity index (χ4n) is 0.678. The quantitative estimate of drug-likeness (QED) is 0.345. The highest BCUT2D eigenvalue weighted by molar-refractivity contribution is 9.10. The number of hydrogen-bond donors (Lipinski definition) is 2. The molecule has 0 radical (unpaired) electrons. The van der Waals surface area contributed by atoms with Crippen LogP contribution in [0.1, 0.15) is 19.4 Å². The van der Waals surface area contributed by atoms with Crippen LogP contribution in [0.2, 0.25) is 0 Å². The Balaban J connectivity index is 0.000000671. The van der Waals surface area contributed by atoms with E-state index in [1.807, 2.05) is 26.0 Å². The van der Waals surface area contributed by atoms with Gasteiger partial charge in [0.05, 0.1) is 0 Å². The summed E-state index contributed by atoms with van der Waals surface area (Å²) in [5, 5.41) is 11.2. The second kappa shape index (κ2) is 6.48. The van der Waals surface area contributed by atoms with Crippen LogP contribution in [0.5, 0.6) is 0 Å². The van der Waals surface area contributed by atoms with Gasteiger partial charge in [-0.25, -0.2) is 0 Å². The maximum Gasteiger partial charge on any atom is 0.170 e. The molecule has 0 spiro atoms. The highest BCUT2D eigenvalue weighted by Crippen LogP contribution is 2.09. The predicted molar refractivity (Wildman–Crippen MR) is 58.0 cm³/mol. The average molecular weight is 245 g/mol. The lowest BCUT2D eigenvalue weighted by Crippen LogP contribution is -2.12. The molecule has 0 saturated carbocycles. The van der Waals surface area contributed by atoms with Crippen LogP contribution in [0.25, 0.3) is 0 Å². The van der Waals surface area contributed by atoms with Crippen molar-refractivity contribution in [2.75, 3.05) is 0 Å². The van der Waals surface area contributed by atoms with Crippen LogP contribution < -0.4 is 5.73 Å². The van der Waals surface area contributed by atoms with Gasteiger partial charge in [-0.1, -0.05) is 47.1 Å². The maximum atomic E-state index is 8.31. The Morgan fingerprint density at radius 3 is 2.15 bits per heavy atom. The summed E-state index contributed by atoms with van der Waals surface area (Å²) in [6.07, 6.45) is 0. The molecule has 0 unspecified atom stereocenters. The van der Waals surface area contributed by atoms with Crippen LogP contribution in [0, 0.1) is 0 Å². The van der Waals surface area contributed by atoms with Gasteiger partial charge in [0.2, 0.25) is 0 Å². The summed E-state index contributed by atoms with van der Waals surface area (Å²) in [5.74, 6) is 0.123. The topological polar surface area (TPSA) is 58.6 Å². The predicted octanol–water partition coefficient (Wildman–Crippen LogP) is 2.57. The van der Waals surface area contributed by atoms with Crippen LogP contribution in [0.3, 0.4) is 0 Å². The van der Waals surface area contributed by atoms with E-state index >= 15 is 0 Å². The molecule has 0 bridgehead atoms. The number of benzene rings is 1. The number of amidine groups is 1. The first-order valence-corrected chi connectivity index (χ1v) is 4.77. The fourth-order valence-corrected chi connectivity index (χ4v) is 0.943. The third kappa shape index (κ3) is 3.94. The van der Waals surface area contributed by atoms with E-state index < -0.39 is 0 Å². The van der Waals surface area contributed by atoms with Crippen LogP contribution in [0.4, 0.5) is 0 Å². The van der Waals surface area contributed by atoms with Crippen molar-refractivity contribution < 1.29 is 5.21 Å². The first kappa shape index (κ1) is 12.0. The molecule has 0 aliphatic carbocycles. The lowest BCUT2D eigenvalue weighted by molar-refractivity contribution is 0.318. The van der Waals surface area contributed by atoms with Crippen LogP contribution in [-0.2, 0) is 0 Å². The number of oxime groups is 1. The molecule has 0 aromatic heterocycles. The lowest BCUT2D eigenvalue weighted by Gasteiger charge is -1.96. The summed E-state index contributed by atoms with van der Waals surface area (Å²) >= 11 is 3.27. The van der Waals surface area contributed by atoms with E-state index in [2.05, 4.69) is 21.1 Å². The van der Waals surface area contributed by atoms with E-state index in [0.717, 1.165) is 4.47 Å². The van der Waals surface area contributed by atoms with Gasteiger partial charge in [-0.3, -0.25) is 0 Å². The molecule has 1 aromatic rings. The minimum atomic E-state index is 0.123. The zero-order chi connectivity index (χ0) is 10.3. The average Bonchev–Trinajstić information content (AvgIpc) is 2.21. The smallest absolute Gasteiger partial charge is 0.170 e. The van der Waals surface area contributed by atoms with E-state index in [9.17, 15) is 0 Å². The Labute approximate surface area is 86.4 Å². The molecule has 1 aromatic carbocycles. The first-order chi connectivity index (χ1) is 6.24. The van der Waals surface area contributed by atoms with Gasteiger partial charge in [-0.05, 0) is 12.1 Å². The van der Waals surface area contributed by atoms with Gasteiger partial charge in [0, 0.05) is 10.0 Å². The van der Waals surface area contributed by atoms with Crippen molar-refractivity contribution in [3.8, 4) is 0 Å². The van der Waals surface area contributed by atoms with Crippen molar-refractivity contribution in [3.05, 3.63) is 34.3 Å². The summed E-state index contributed by atoms with van der Waals surface area (Å²) in [5.41, 5.74) is 6.03.